The summed E-state index contributed by atoms with van der Waals surface area (Å²) in [6, 6.07) is 0. The highest BCUT2D eigenvalue weighted by Crippen LogP contribution is 2.04. The third kappa shape index (κ3) is 4.82. The van der Waals surface area contributed by atoms with Crippen molar-refractivity contribution in [1.82, 2.24) is 24.8 Å². The summed E-state index contributed by atoms with van der Waals surface area (Å²) in [5.74, 6) is 1.24. The van der Waals surface area contributed by atoms with Gasteiger partial charge in [0.25, 0.3) is 0 Å². The standard InChI is InChI=1S/C13H25N5O2/c1-11-14-13(20-15-11)10-17(3)8-12(19)9-18-6-4-16(2)5-7-18/h12,19H,4-10H2,1-3H3. The van der Waals surface area contributed by atoms with Crippen LogP contribution in [0, 0.1) is 6.92 Å². The van der Waals surface area contributed by atoms with Crippen molar-refractivity contribution < 1.29 is 9.63 Å². The first-order valence-electron chi connectivity index (χ1n) is 7.09. The molecule has 7 heteroatoms. The summed E-state index contributed by atoms with van der Waals surface area (Å²) < 4.78 is 5.08. The van der Waals surface area contributed by atoms with E-state index >= 15 is 0 Å². The number of piperazine rings is 1. The Morgan fingerprint density at radius 2 is 2.05 bits per heavy atom. The van der Waals surface area contributed by atoms with Crippen molar-refractivity contribution in [3.63, 3.8) is 0 Å². The number of hydrogen-bond acceptors (Lipinski definition) is 7. The van der Waals surface area contributed by atoms with Gasteiger partial charge in [-0.15, -0.1) is 0 Å². The second-order valence-electron chi connectivity index (χ2n) is 5.69. The normalized spacial score (nSPS) is 19.6. The van der Waals surface area contributed by atoms with Crippen LogP contribution in [0.5, 0.6) is 0 Å². The number of nitrogens with zero attached hydrogens (tertiary/aromatic N) is 5. The molecule has 1 fully saturated rings. The molecule has 0 aromatic carbocycles. The molecule has 0 bridgehead atoms. The van der Waals surface area contributed by atoms with E-state index in [4.69, 9.17) is 4.52 Å². The number of hydrogen-bond donors (Lipinski definition) is 1. The third-order valence-corrected chi connectivity index (χ3v) is 3.56. The van der Waals surface area contributed by atoms with Gasteiger partial charge in [-0.3, -0.25) is 9.80 Å². The van der Waals surface area contributed by atoms with Crippen LogP contribution in [0.3, 0.4) is 0 Å². The second-order valence-corrected chi connectivity index (χ2v) is 5.69. The van der Waals surface area contributed by atoms with Gasteiger partial charge in [0.05, 0.1) is 12.6 Å². The molecule has 2 rings (SSSR count). The zero-order valence-electron chi connectivity index (χ0n) is 12.6. The van der Waals surface area contributed by atoms with E-state index in [2.05, 4.69) is 27.0 Å². The number of aliphatic hydroxyl groups excluding tert-OH is 1. The molecule has 114 valence electrons. The fraction of sp³-hybridized carbons (Fsp3) is 0.846. The van der Waals surface area contributed by atoms with Crippen molar-refractivity contribution in [2.24, 2.45) is 0 Å². The van der Waals surface area contributed by atoms with Crippen LogP contribution in [-0.2, 0) is 6.54 Å². The summed E-state index contributed by atoms with van der Waals surface area (Å²) in [5.41, 5.74) is 0. The van der Waals surface area contributed by atoms with Crippen LogP contribution in [0.2, 0.25) is 0 Å². The lowest BCUT2D eigenvalue weighted by molar-refractivity contribution is 0.0574. The van der Waals surface area contributed by atoms with E-state index in [1.54, 1.807) is 6.92 Å². The van der Waals surface area contributed by atoms with Crippen molar-refractivity contribution in [3.8, 4) is 0 Å². The van der Waals surface area contributed by atoms with Gasteiger partial charge in [-0.2, -0.15) is 4.98 Å². The maximum Gasteiger partial charge on any atom is 0.240 e. The fourth-order valence-corrected chi connectivity index (χ4v) is 2.45. The Morgan fingerprint density at radius 3 is 2.65 bits per heavy atom. The van der Waals surface area contributed by atoms with Crippen LogP contribution < -0.4 is 0 Å². The summed E-state index contributed by atoms with van der Waals surface area (Å²) in [6.45, 7) is 7.90. The molecule has 0 aliphatic carbocycles. The van der Waals surface area contributed by atoms with Crippen LogP contribution >= 0.6 is 0 Å². The molecule has 1 saturated heterocycles. The van der Waals surface area contributed by atoms with Crippen LogP contribution in [0.1, 0.15) is 11.7 Å². The molecular formula is C13H25N5O2. The minimum absolute atomic E-state index is 0.354. The average molecular weight is 283 g/mol. The summed E-state index contributed by atoms with van der Waals surface area (Å²) >= 11 is 0. The zero-order valence-corrected chi connectivity index (χ0v) is 12.6. The lowest BCUT2D eigenvalue weighted by Crippen LogP contribution is -2.48. The number of β-amino-alcohol motifs (C(OH)–C–C–N with tert-alkyl or cyclic N) is 1. The van der Waals surface area contributed by atoms with Crippen LogP contribution in [0.25, 0.3) is 0 Å². The Hall–Kier alpha value is -1.02. The first kappa shape index (κ1) is 15.4. The maximum absolute atomic E-state index is 10.2. The topological polar surface area (TPSA) is 68.9 Å². The van der Waals surface area contributed by atoms with Gasteiger partial charge in [-0.05, 0) is 21.0 Å². The van der Waals surface area contributed by atoms with Crippen molar-refractivity contribution in [2.75, 3.05) is 53.4 Å². The van der Waals surface area contributed by atoms with E-state index in [0.717, 1.165) is 32.7 Å². The summed E-state index contributed by atoms with van der Waals surface area (Å²) in [5, 5.41) is 13.9. The van der Waals surface area contributed by atoms with E-state index in [1.165, 1.54) is 0 Å². The summed E-state index contributed by atoms with van der Waals surface area (Å²) in [4.78, 5) is 10.8. The zero-order chi connectivity index (χ0) is 14.5. The van der Waals surface area contributed by atoms with Gasteiger partial charge in [0.15, 0.2) is 5.82 Å². The number of aryl methyl sites for hydroxylation is 1. The molecule has 1 unspecified atom stereocenters. The highest BCUT2D eigenvalue weighted by atomic mass is 16.5. The quantitative estimate of drug-likeness (QED) is 0.749. The molecule has 0 saturated carbocycles. The Morgan fingerprint density at radius 1 is 1.35 bits per heavy atom. The number of aromatic nitrogens is 2. The largest absolute Gasteiger partial charge is 0.390 e. The molecular weight excluding hydrogens is 258 g/mol. The predicted molar refractivity (Wildman–Crippen MR) is 75.3 cm³/mol. The first-order valence-corrected chi connectivity index (χ1v) is 7.09. The molecule has 0 amide bonds. The van der Waals surface area contributed by atoms with Gasteiger partial charge in [0, 0.05) is 39.3 Å². The predicted octanol–water partition coefficient (Wildman–Crippen LogP) is -0.582. The molecule has 1 atom stereocenters. The molecule has 2 heterocycles. The second kappa shape index (κ2) is 7.12. The summed E-state index contributed by atoms with van der Waals surface area (Å²) in [7, 11) is 4.08. The van der Waals surface area contributed by atoms with Crippen molar-refractivity contribution >= 4 is 0 Å². The van der Waals surface area contributed by atoms with Gasteiger partial charge in [0.1, 0.15) is 0 Å². The monoisotopic (exact) mass is 283 g/mol. The van der Waals surface area contributed by atoms with E-state index in [0.29, 0.717) is 24.8 Å². The molecule has 1 aliphatic heterocycles. The Bertz CT molecular complexity index is 403. The minimum Gasteiger partial charge on any atom is -0.390 e. The van der Waals surface area contributed by atoms with E-state index in [9.17, 15) is 5.11 Å². The molecule has 1 N–H and O–H groups in total. The molecule has 0 radical (unpaired) electrons. The highest BCUT2D eigenvalue weighted by Gasteiger charge is 2.18. The van der Waals surface area contributed by atoms with Gasteiger partial charge >= 0.3 is 0 Å². The molecule has 7 nitrogen and oxygen atoms in total. The van der Waals surface area contributed by atoms with Gasteiger partial charge in [-0.1, -0.05) is 5.16 Å². The fourth-order valence-electron chi connectivity index (χ4n) is 2.45. The minimum atomic E-state index is -0.354. The number of rotatable bonds is 6. The SMILES string of the molecule is Cc1noc(CN(C)CC(O)CN2CCN(C)CC2)n1. The van der Waals surface area contributed by atoms with Crippen LogP contribution in [-0.4, -0.2) is 89.4 Å². The maximum atomic E-state index is 10.2. The molecule has 1 aromatic rings. The van der Waals surface area contributed by atoms with Crippen LogP contribution in [0.4, 0.5) is 0 Å². The smallest absolute Gasteiger partial charge is 0.240 e. The number of likely N-dealkylation sites (N-methyl/N-ethyl adjacent to an activating group) is 2. The van der Waals surface area contributed by atoms with Gasteiger partial charge in [0.2, 0.25) is 5.89 Å². The van der Waals surface area contributed by atoms with Gasteiger partial charge in [-0.25, -0.2) is 0 Å². The van der Waals surface area contributed by atoms with E-state index in [-0.39, 0.29) is 6.10 Å². The Kier molecular flexibility index (Phi) is 5.47. The highest BCUT2D eigenvalue weighted by molar-refractivity contribution is 4.83. The molecule has 0 spiro atoms. The Labute approximate surface area is 120 Å². The summed E-state index contributed by atoms with van der Waals surface area (Å²) in [6.07, 6.45) is -0.354. The first-order chi connectivity index (χ1) is 9.52. The lowest BCUT2D eigenvalue weighted by Gasteiger charge is -2.34. The van der Waals surface area contributed by atoms with Gasteiger partial charge < -0.3 is 14.5 Å². The molecule has 20 heavy (non-hydrogen) atoms. The van der Waals surface area contributed by atoms with Crippen molar-refractivity contribution in [1.29, 1.82) is 0 Å². The van der Waals surface area contributed by atoms with Crippen molar-refractivity contribution in [3.05, 3.63) is 11.7 Å². The van der Waals surface area contributed by atoms with Crippen LogP contribution in [0.15, 0.2) is 4.52 Å². The molecule has 1 aromatic heterocycles. The third-order valence-electron chi connectivity index (χ3n) is 3.56. The molecule has 1 aliphatic rings. The number of aliphatic hydroxyl groups is 1. The average Bonchev–Trinajstić information content (AvgIpc) is 2.77. The van der Waals surface area contributed by atoms with E-state index < -0.39 is 0 Å². The Balaban J connectivity index is 1.69. The van der Waals surface area contributed by atoms with Crippen molar-refractivity contribution in [2.45, 2.75) is 19.6 Å². The van der Waals surface area contributed by atoms with E-state index in [1.807, 2.05) is 11.9 Å². The lowest BCUT2D eigenvalue weighted by atomic mass is 10.2.